The van der Waals surface area contributed by atoms with Crippen LogP contribution >= 0.6 is 0 Å². The van der Waals surface area contributed by atoms with E-state index in [1.54, 1.807) is 25.1 Å². The van der Waals surface area contributed by atoms with E-state index in [-0.39, 0.29) is 11.7 Å². The fourth-order valence-corrected chi connectivity index (χ4v) is 2.05. The second kappa shape index (κ2) is 4.72. The first-order valence-corrected chi connectivity index (χ1v) is 5.67. The van der Waals surface area contributed by atoms with Gasteiger partial charge in [0.25, 0.3) is 0 Å². The summed E-state index contributed by atoms with van der Waals surface area (Å²) in [7, 11) is 0. The van der Waals surface area contributed by atoms with E-state index in [0.717, 1.165) is 6.42 Å². The molecule has 0 aliphatic carbocycles. The van der Waals surface area contributed by atoms with Crippen molar-refractivity contribution < 1.29 is 9.13 Å². The van der Waals surface area contributed by atoms with Crippen molar-refractivity contribution in [3.63, 3.8) is 0 Å². The van der Waals surface area contributed by atoms with E-state index in [0.29, 0.717) is 18.9 Å². The van der Waals surface area contributed by atoms with Crippen LogP contribution in [0.2, 0.25) is 0 Å². The molecule has 1 N–H and O–H groups in total. The van der Waals surface area contributed by atoms with Crippen LogP contribution in [-0.4, -0.2) is 18.8 Å². The van der Waals surface area contributed by atoms with Gasteiger partial charge in [-0.2, -0.15) is 5.26 Å². The molecule has 0 aromatic heterocycles. The summed E-state index contributed by atoms with van der Waals surface area (Å²) in [5, 5.41) is 12.3. The zero-order valence-corrected chi connectivity index (χ0v) is 9.74. The van der Waals surface area contributed by atoms with Gasteiger partial charge in [0.2, 0.25) is 0 Å². The number of nitriles is 1. The van der Waals surface area contributed by atoms with Gasteiger partial charge in [0, 0.05) is 12.5 Å². The van der Waals surface area contributed by atoms with Gasteiger partial charge in [-0.15, -0.1) is 0 Å². The third-order valence-electron chi connectivity index (χ3n) is 3.25. The molecule has 2 unspecified atom stereocenters. The van der Waals surface area contributed by atoms with Gasteiger partial charge in [0.15, 0.2) is 0 Å². The van der Waals surface area contributed by atoms with Crippen LogP contribution in [0.4, 0.5) is 10.1 Å². The molecule has 1 aliphatic rings. The smallest absolute Gasteiger partial charge is 0.146 e. The third kappa shape index (κ3) is 2.40. The Morgan fingerprint density at radius 3 is 2.88 bits per heavy atom. The van der Waals surface area contributed by atoms with Crippen LogP contribution in [0.25, 0.3) is 0 Å². The zero-order valence-electron chi connectivity index (χ0n) is 9.74. The summed E-state index contributed by atoms with van der Waals surface area (Å²) in [6, 6.07) is 8.63. The Hall–Kier alpha value is -1.60. The lowest BCUT2D eigenvalue weighted by atomic mass is 9.86. The van der Waals surface area contributed by atoms with E-state index in [9.17, 15) is 9.65 Å². The molecule has 0 amide bonds. The lowest BCUT2D eigenvalue weighted by Crippen LogP contribution is -2.42. The van der Waals surface area contributed by atoms with E-state index in [1.165, 1.54) is 6.07 Å². The molecule has 0 saturated carbocycles. The van der Waals surface area contributed by atoms with Crippen molar-refractivity contribution in [2.45, 2.75) is 18.9 Å². The molecule has 4 heteroatoms. The molecule has 0 bridgehead atoms. The second-order valence-corrected chi connectivity index (χ2v) is 4.48. The van der Waals surface area contributed by atoms with Crippen LogP contribution in [0.3, 0.4) is 0 Å². The number of anilines is 1. The molecule has 3 nitrogen and oxygen atoms in total. The first kappa shape index (κ1) is 11.9. The normalized spacial score (nSPS) is 22.8. The minimum absolute atomic E-state index is 0.0899. The number of hydrogen-bond acceptors (Lipinski definition) is 3. The van der Waals surface area contributed by atoms with Gasteiger partial charge in [0.1, 0.15) is 11.4 Å². The predicted octanol–water partition coefficient (Wildman–Crippen LogP) is 2.56. The molecule has 1 aromatic carbocycles. The van der Waals surface area contributed by atoms with Crippen molar-refractivity contribution >= 4 is 5.69 Å². The lowest BCUT2D eigenvalue weighted by Gasteiger charge is -2.29. The summed E-state index contributed by atoms with van der Waals surface area (Å²) < 4.78 is 18.8. The highest BCUT2D eigenvalue weighted by molar-refractivity contribution is 5.49. The van der Waals surface area contributed by atoms with E-state index in [2.05, 4.69) is 11.4 Å². The SMILES string of the molecule is CC(C#N)(Nc1ccccc1F)C1CCOC1. The zero-order chi connectivity index (χ0) is 12.3. The first-order valence-electron chi connectivity index (χ1n) is 5.67. The van der Waals surface area contributed by atoms with E-state index in [1.807, 2.05) is 0 Å². The Morgan fingerprint density at radius 2 is 2.29 bits per heavy atom. The van der Waals surface area contributed by atoms with Crippen molar-refractivity contribution in [3.8, 4) is 6.07 Å². The number of ether oxygens (including phenoxy) is 1. The number of rotatable bonds is 3. The monoisotopic (exact) mass is 234 g/mol. The fourth-order valence-electron chi connectivity index (χ4n) is 2.05. The molecule has 2 rings (SSSR count). The summed E-state index contributed by atoms with van der Waals surface area (Å²) >= 11 is 0. The number of benzene rings is 1. The maximum atomic E-state index is 13.5. The molecule has 1 saturated heterocycles. The van der Waals surface area contributed by atoms with Gasteiger partial charge in [-0.3, -0.25) is 0 Å². The topological polar surface area (TPSA) is 45.0 Å². The molecule has 1 aliphatic heterocycles. The maximum absolute atomic E-state index is 13.5. The summed E-state index contributed by atoms with van der Waals surface area (Å²) in [6.07, 6.45) is 0.825. The van der Waals surface area contributed by atoms with Crippen LogP contribution in [0.15, 0.2) is 24.3 Å². The molecule has 1 fully saturated rings. The molecule has 0 spiro atoms. The van der Waals surface area contributed by atoms with Gasteiger partial charge in [-0.25, -0.2) is 4.39 Å². The number of halogens is 1. The van der Waals surface area contributed by atoms with Gasteiger partial charge in [0.05, 0.1) is 18.4 Å². The lowest BCUT2D eigenvalue weighted by molar-refractivity contribution is 0.178. The summed E-state index contributed by atoms with van der Waals surface area (Å²) in [4.78, 5) is 0. The van der Waals surface area contributed by atoms with Crippen molar-refractivity contribution in [1.82, 2.24) is 0 Å². The van der Waals surface area contributed by atoms with E-state index in [4.69, 9.17) is 4.74 Å². The molecular formula is C13H15FN2O. The van der Waals surface area contributed by atoms with Crippen LogP contribution < -0.4 is 5.32 Å². The molecule has 1 aromatic rings. The summed E-state index contributed by atoms with van der Waals surface area (Å²) in [6.45, 7) is 3.01. The van der Waals surface area contributed by atoms with Crippen LogP contribution in [-0.2, 0) is 4.74 Å². The molecular weight excluding hydrogens is 219 g/mol. The molecule has 17 heavy (non-hydrogen) atoms. The van der Waals surface area contributed by atoms with Crippen LogP contribution in [0.1, 0.15) is 13.3 Å². The van der Waals surface area contributed by atoms with Gasteiger partial charge in [-0.1, -0.05) is 12.1 Å². The van der Waals surface area contributed by atoms with Gasteiger partial charge in [-0.05, 0) is 25.5 Å². The number of nitrogens with one attached hydrogen (secondary N) is 1. The van der Waals surface area contributed by atoms with Crippen LogP contribution in [0.5, 0.6) is 0 Å². The van der Waals surface area contributed by atoms with E-state index < -0.39 is 5.54 Å². The van der Waals surface area contributed by atoms with Gasteiger partial charge < -0.3 is 10.1 Å². The molecule has 2 atom stereocenters. The molecule has 1 heterocycles. The number of nitrogens with zero attached hydrogens (tertiary/aromatic N) is 1. The predicted molar refractivity (Wildman–Crippen MR) is 63.0 cm³/mol. The summed E-state index contributed by atoms with van der Waals surface area (Å²) in [5.74, 6) is -0.250. The number of para-hydroxylation sites is 1. The average molecular weight is 234 g/mol. The third-order valence-corrected chi connectivity index (χ3v) is 3.25. The first-order chi connectivity index (χ1) is 8.15. The standard InChI is InChI=1S/C13H15FN2O/c1-13(9-15,10-6-7-17-8-10)16-12-5-3-2-4-11(12)14/h2-5,10,16H,6-8H2,1H3. The molecule has 90 valence electrons. The highest BCUT2D eigenvalue weighted by atomic mass is 19.1. The number of hydrogen-bond donors (Lipinski definition) is 1. The minimum Gasteiger partial charge on any atom is -0.381 e. The van der Waals surface area contributed by atoms with E-state index >= 15 is 0 Å². The quantitative estimate of drug-likeness (QED) is 0.874. The van der Waals surface area contributed by atoms with Crippen molar-refractivity contribution in [1.29, 1.82) is 5.26 Å². The average Bonchev–Trinajstić information content (AvgIpc) is 2.86. The Balaban J connectivity index is 2.20. The maximum Gasteiger partial charge on any atom is 0.146 e. The Morgan fingerprint density at radius 1 is 1.53 bits per heavy atom. The van der Waals surface area contributed by atoms with Gasteiger partial charge >= 0.3 is 0 Å². The summed E-state index contributed by atoms with van der Waals surface area (Å²) in [5.41, 5.74) is -0.429. The minimum atomic E-state index is -0.793. The van der Waals surface area contributed by atoms with Crippen molar-refractivity contribution in [3.05, 3.63) is 30.1 Å². The largest absolute Gasteiger partial charge is 0.381 e. The fraction of sp³-hybridized carbons (Fsp3) is 0.462. The highest BCUT2D eigenvalue weighted by Crippen LogP contribution is 2.29. The molecule has 0 radical (unpaired) electrons. The highest BCUT2D eigenvalue weighted by Gasteiger charge is 2.37. The Kier molecular flexibility index (Phi) is 3.30. The van der Waals surface area contributed by atoms with Crippen molar-refractivity contribution in [2.24, 2.45) is 5.92 Å². The second-order valence-electron chi connectivity index (χ2n) is 4.48. The Labute approximate surface area is 100 Å². The van der Waals surface area contributed by atoms with Crippen molar-refractivity contribution in [2.75, 3.05) is 18.5 Å². The van der Waals surface area contributed by atoms with Crippen LogP contribution in [0, 0.1) is 23.1 Å². The Bertz CT molecular complexity index is 437.